The summed E-state index contributed by atoms with van der Waals surface area (Å²) >= 11 is 0. The quantitative estimate of drug-likeness (QED) is 0.626. The van der Waals surface area contributed by atoms with E-state index < -0.39 is 0 Å². The molecule has 0 amide bonds. The lowest BCUT2D eigenvalue weighted by Crippen LogP contribution is -2.10. The standard InChI is InChI=1S/C11H18N8/c1-7(2)13-16-11-17-15-10(9-5-6-12-14-9)19(11)18-8(3)4/h12H,5-6H2,1-4H3,(H,16,17). The van der Waals surface area contributed by atoms with Gasteiger partial charge in [0.1, 0.15) is 5.71 Å². The second-order valence-corrected chi connectivity index (χ2v) is 4.59. The molecule has 0 fully saturated rings. The molecule has 0 atom stereocenters. The second kappa shape index (κ2) is 5.59. The van der Waals surface area contributed by atoms with Crippen LogP contribution in [0.3, 0.4) is 0 Å². The zero-order valence-corrected chi connectivity index (χ0v) is 11.6. The van der Waals surface area contributed by atoms with Gasteiger partial charge in [0.05, 0.1) is 0 Å². The molecule has 1 aliphatic heterocycles. The van der Waals surface area contributed by atoms with Crippen molar-refractivity contribution in [2.24, 2.45) is 15.3 Å². The lowest BCUT2D eigenvalue weighted by Gasteiger charge is -2.04. The van der Waals surface area contributed by atoms with E-state index >= 15 is 0 Å². The van der Waals surface area contributed by atoms with Gasteiger partial charge in [-0.1, -0.05) is 0 Å². The van der Waals surface area contributed by atoms with Gasteiger partial charge in [-0.15, -0.1) is 10.2 Å². The number of aromatic nitrogens is 3. The molecule has 1 aromatic rings. The predicted molar refractivity (Wildman–Crippen MR) is 75.8 cm³/mol. The molecule has 0 radical (unpaired) electrons. The van der Waals surface area contributed by atoms with E-state index in [4.69, 9.17) is 0 Å². The van der Waals surface area contributed by atoms with Crippen molar-refractivity contribution in [2.45, 2.75) is 34.1 Å². The fourth-order valence-corrected chi connectivity index (χ4v) is 1.53. The Morgan fingerprint density at radius 3 is 2.58 bits per heavy atom. The lowest BCUT2D eigenvalue weighted by molar-refractivity contribution is 0.813. The summed E-state index contributed by atoms with van der Waals surface area (Å²) in [5.41, 5.74) is 8.42. The molecule has 0 saturated carbocycles. The molecule has 2 heterocycles. The molecule has 0 spiro atoms. The van der Waals surface area contributed by atoms with E-state index in [-0.39, 0.29) is 0 Å². The molecular weight excluding hydrogens is 244 g/mol. The minimum atomic E-state index is 0.479. The van der Waals surface area contributed by atoms with Crippen LogP contribution < -0.4 is 10.9 Å². The van der Waals surface area contributed by atoms with Gasteiger partial charge in [0.25, 0.3) is 5.95 Å². The number of rotatable bonds is 4. The van der Waals surface area contributed by atoms with Crippen LogP contribution in [-0.2, 0) is 0 Å². The van der Waals surface area contributed by atoms with Crippen molar-refractivity contribution in [1.82, 2.24) is 20.3 Å². The average molecular weight is 262 g/mol. The van der Waals surface area contributed by atoms with Gasteiger partial charge in [-0.05, 0) is 27.7 Å². The summed E-state index contributed by atoms with van der Waals surface area (Å²) in [6.45, 7) is 8.43. The predicted octanol–water partition coefficient (Wildman–Crippen LogP) is 1.03. The van der Waals surface area contributed by atoms with Crippen molar-refractivity contribution >= 4 is 23.1 Å². The zero-order valence-electron chi connectivity index (χ0n) is 11.6. The van der Waals surface area contributed by atoms with E-state index in [1.165, 1.54) is 0 Å². The van der Waals surface area contributed by atoms with Gasteiger partial charge >= 0.3 is 0 Å². The van der Waals surface area contributed by atoms with Gasteiger partial charge in [0, 0.05) is 24.4 Å². The monoisotopic (exact) mass is 262 g/mol. The molecule has 0 bridgehead atoms. The van der Waals surface area contributed by atoms with Gasteiger partial charge in [0.15, 0.2) is 0 Å². The topological polar surface area (TPSA) is 91.9 Å². The first-order valence-corrected chi connectivity index (χ1v) is 6.12. The molecule has 2 rings (SSSR count). The van der Waals surface area contributed by atoms with Crippen LogP contribution in [0, 0.1) is 0 Å². The third-order valence-corrected chi connectivity index (χ3v) is 2.27. The molecule has 0 aromatic carbocycles. The Labute approximate surface area is 111 Å². The molecule has 1 aromatic heterocycles. The van der Waals surface area contributed by atoms with E-state index in [2.05, 4.69) is 36.4 Å². The van der Waals surface area contributed by atoms with Crippen molar-refractivity contribution in [3.8, 4) is 0 Å². The van der Waals surface area contributed by atoms with Crippen LogP contribution in [-0.4, -0.2) is 38.6 Å². The number of hydrazone groups is 2. The van der Waals surface area contributed by atoms with Crippen LogP contribution in [0.25, 0.3) is 0 Å². The molecule has 19 heavy (non-hydrogen) atoms. The lowest BCUT2D eigenvalue weighted by atomic mass is 10.3. The average Bonchev–Trinajstić information content (AvgIpc) is 2.94. The van der Waals surface area contributed by atoms with E-state index in [9.17, 15) is 0 Å². The normalized spacial score (nSPS) is 13.6. The molecule has 1 aliphatic rings. The third kappa shape index (κ3) is 3.15. The van der Waals surface area contributed by atoms with Gasteiger partial charge in [-0.2, -0.15) is 20.0 Å². The Bertz CT molecular complexity index is 543. The van der Waals surface area contributed by atoms with E-state index in [1.54, 1.807) is 4.68 Å². The Morgan fingerprint density at radius 2 is 2.00 bits per heavy atom. The molecule has 0 aliphatic carbocycles. The van der Waals surface area contributed by atoms with Gasteiger partial charge in [-0.3, -0.25) is 0 Å². The minimum absolute atomic E-state index is 0.479. The highest BCUT2D eigenvalue weighted by molar-refractivity contribution is 5.99. The molecule has 0 unspecified atom stereocenters. The maximum atomic E-state index is 4.41. The summed E-state index contributed by atoms with van der Waals surface area (Å²) in [6.07, 6.45) is 0.812. The fraction of sp³-hybridized carbons (Fsp3) is 0.545. The number of anilines is 1. The van der Waals surface area contributed by atoms with Crippen molar-refractivity contribution in [1.29, 1.82) is 0 Å². The summed E-state index contributed by atoms with van der Waals surface area (Å²) in [5, 5.41) is 20.9. The zero-order chi connectivity index (χ0) is 13.8. The highest BCUT2D eigenvalue weighted by Crippen LogP contribution is 2.12. The molecule has 8 nitrogen and oxygen atoms in total. The molecule has 8 heteroatoms. The maximum Gasteiger partial charge on any atom is 0.266 e. The van der Waals surface area contributed by atoms with Crippen molar-refractivity contribution in [3.63, 3.8) is 0 Å². The number of nitrogens with one attached hydrogen (secondary N) is 2. The van der Waals surface area contributed by atoms with Gasteiger partial charge in [0.2, 0.25) is 5.82 Å². The van der Waals surface area contributed by atoms with Crippen LogP contribution in [0.4, 0.5) is 5.95 Å². The first kappa shape index (κ1) is 13.2. The Morgan fingerprint density at radius 1 is 1.21 bits per heavy atom. The largest absolute Gasteiger partial charge is 0.309 e. The second-order valence-electron chi connectivity index (χ2n) is 4.59. The smallest absolute Gasteiger partial charge is 0.266 e. The van der Waals surface area contributed by atoms with Crippen LogP contribution >= 0.6 is 0 Å². The summed E-state index contributed by atoms with van der Waals surface area (Å²) < 4.78 is 1.63. The SMILES string of the molecule is CC(C)=NNc1nnc(C2=NNCC2)n1N=C(C)C. The summed E-state index contributed by atoms with van der Waals surface area (Å²) in [6, 6.07) is 0. The Kier molecular flexibility index (Phi) is 3.88. The summed E-state index contributed by atoms with van der Waals surface area (Å²) in [7, 11) is 0. The molecule has 2 N–H and O–H groups in total. The molecule has 102 valence electrons. The summed E-state index contributed by atoms with van der Waals surface area (Å²) in [5.74, 6) is 1.12. The first-order chi connectivity index (χ1) is 9.08. The van der Waals surface area contributed by atoms with E-state index in [0.717, 1.165) is 30.1 Å². The van der Waals surface area contributed by atoms with Gasteiger partial charge < -0.3 is 5.43 Å². The highest BCUT2D eigenvalue weighted by Gasteiger charge is 2.19. The van der Waals surface area contributed by atoms with Crippen LogP contribution in [0.1, 0.15) is 39.9 Å². The third-order valence-electron chi connectivity index (χ3n) is 2.27. The fourth-order valence-electron chi connectivity index (χ4n) is 1.53. The number of nitrogens with zero attached hydrogens (tertiary/aromatic N) is 6. The molecular formula is C11H18N8. The number of hydrogen-bond donors (Lipinski definition) is 2. The Balaban J connectivity index is 2.39. The van der Waals surface area contributed by atoms with Crippen LogP contribution in [0.5, 0.6) is 0 Å². The van der Waals surface area contributed by atoms with E-state index in [1.807, 2.05) is 27.7 Å². The van der Waals surface area contributed by atoms with Crippen molar-refractivity contribution < 1.29 is 0 Å². The maximum absolute atomic E-state index is 4.41. The minimum Gasteiger partial charge on any atom is -0.309 e. The van der Waals surface area contributed by atoms with Crippen LogP contribution in [0.2, 0.25) is 0 Å². The van der Waals surface area contributed by atoms with E-state index in [0.29, 0.717) is 11.8 Å². The van der Waals surface area contributed by atoms with Crippen LogP contribution in [0.15, 0.2) is 15.3 Å². The first-order valence-electron chi connectivity index (χ1n) is 6.12. The Hall–Kier alpha value is -2.25. The summed E-state index contributed by atoms with van der Waals surface area (Å²) in [4.78, 5) is 0. The highest BCUT2D eigenvalue weighted by atomic mass is 15.5. The van der Waals surface area contributed by atoms with Crippen molar-refractivity contribution in [2.75, 3.05) is 12.0 Å². The van der Waals surface area contributed by atoms with Crippen molar-refractivity contribution in [3.05, 3.63) is 5.82 Å². The number of hydrogen-bond acceptors (Lipinski definition) is 7. The molecule has 0 saturated heterocycles. The van der Waals surface area contributed by atoms with Gasteiger partial charge in [-0.25, -0.2) is 5.43 Å².